The number of nitrogens with zero attached hydrogens (tertiary/aromatic N) is 3. The number of amides is 2. The van der Waals surface area contributed by atoms with Gasteiger partial charge in [-0.05, 0) is 35.9 Å². The summed E-state index contributed by atoms with van der Waals surface area (Å²) in [5.74, 6) is 0.678. The smallest absolute Gasteiger partial charge is 0.259 e. The number of rotatable bonds is 7. The second-order valence-corrected chi connectivity index (χ2v) is 9.21. The summed E-state index contributed by atoms with van der Waals surface area (Å²) in [5.41, 5.74) is 3.05. The van der Waals surface area contributed by atoms with Crippen molar-refractivity contribution in [1.29, 1.82) is 0 Å². The predicted octanol–water partition coefficient (Wildman–Crippen LogP) is 4.43. The lowest BCUT2D eigenvalue weighted by atomic mass is 10.1. The Labute approximate surface area is 212 Å². The van der Waals surface area contributed by atoms with Crippen LogP contribution in [0.2, 0.25) is 0 Å². The molecule has 3 aromatic carbocycles. The fourth-order valence-corrected chi connectivity index (χ4v) is 5.04. The first-order valence-corrected chi connectivity index (χ1v) is 12.4. The summed E-state index contributed by atoms with van der Waals surface area (Å²) in [7, 11) is 1.58. The highest BCUT2D eigenvalue weighted by Gasteiger charge is 2.42. The van der Waals surface area contributed by atoms with E-state index in [1.807, 2.05) is 54.6 Å². The number of hydrogen-bond acceptors (Lipinski definition) is 6. The van der Waals surface area contributed by atoms with Crippen LogP contribution >= 0.6 is 11.8 Å². The first kappa shape index (κ1) is 23.7. The van der Waals surface area contributed by atoms with E-state index in [0.29, 0.717) is 28.2 Å². The van der Waals surface area contributed by atoms with Crippen LogP contribution in [0.15, 0.2) is 82.8 Å². The number of aliphatic imine (C=N–C) groups is 2. The highest BCUT2D eigenvalue weighted by molar-refractivity contribution is 8.13. The van der Waals surface area contributed by atoms with Crippen molar-refractivity contribution in [2.75, 3.05) is 7.11 Å². The molecular weight excluding hydrogens is 479 g/mol. The molecule has 1 N–H and O–H groups in total. The molecule has 0 saturated heterocycles. The summed E-state index contributed by atoms with van der Waals surface area (Å²) < 4.78 is 19.0. The Kier molecular flexibility index (Phi) is 6.81. The summed E-state index contributed by atoms with van der Waals surface area (Å²) in [5, 5.41) is 3.31. The number of benzene rings is 3. The lowest BCUT2D eigenvalue weighted by Crippen LogP contribution is -2.42. The average Bonchev–Trinajstić information content (AvgIpc) is 3.22. The molecule has 0 bridgehead atoms. The number of nitrogens with one attached hydrogen (secondary N) is 1. The molecule has 1 atom stereocenters. The molecule has 0 aliphatic carbocycles. The molecule has 2 amide bonds. The number of carbonyl (C=O) groups excluding carboxylic acids is 2. The molecule has 2 heterocycles. The van der Waals surface area contributed by atoms with Gasteiger partial charge in [-0.3, -0.25) is 14.6 Å². The summed E-state index contributed by atoms with van der Waals surface area (Å²) in [4.78, 5) is 36.9. The Morgan fingerprint density at radius 3 is 2.75 bits per heavy atom. The first-order chi connectivity index (χ1) is 17.5. The first-order valence-electron chi connectivity index (χ1n) is 11.4. The number of methoxy groups -OCH3 is 1. The van der Waals surface area contributed by atoms with Gasteiger partial charge >= 0.3 is 0 Å². The summed E-state index contributed by atoms with van der Waals surface area (Å²) in [6.45, 7) is 0.281. The van der Waals surface area contributed by atoms with Gasteiger partial charge in [0.2, 0.25) is 5.91 Å². The Balaban J connectivity index is 1.32. The lowest BCUT2D eigenvalue weighted by Gasteiger charge is -2.25. The fourth-order valence-electron chi connectivity index (χ4n) is 4.10. The van der Waals surface area contributed by atoms with Crippen LogP contribution in [-0.4, -0.2) is 40.9 Å². The highest BCUT2D eigenvalue weighted by Crippen LogP contribution is 2.35. The quantitative estimate of drug-likeness (QED) is 0.518. The van der Waals surface area contributed by atoms with E-state index in [0.717, 1.165) is 16.7 Å². The van der Waals surface area contributed by atoms with Crippen molar-refractivity contribution in [1.82, 2.24) is 10.2 Å². The number of amidine groups is 2. The Morgan fingerprint density at radius 1 is 1.11 bits per heavy atom. The number of thioether (sulfide) groups is 1. The van der Waals surface area contributed by atoms with Gasteiger partial charge in [0.05, 0.1) is 19.2 Å². The van der Waals surface area contributed by atoms with Gasteiger partial charge in [-0.1, -0.05) is 54.2 Å². The van der Waals surface area contributed by atoms with Gasteiger partial charge in [-0.2, -0.15) is 0 Å². The van der Waals surface area contributed by atoms with Gasteiger partial charge < -0.3 is 10.1 Å². The van der Waals surface area contributed by atoms with Crippen LogP contribution < -0.4 is 10.1 Å². The topological polar surface area (TPSA) is 83.4 Å². The van der Waals surface area contributed by atoms with Crippen molar-refractivity contribution in [3.63, 3.8) is 0 Å². The number of ether oxygens (including phenoxy) is 1. The number of carbonyl (C=O) groups is 2. The Bertz CT molecular complexity index is 1390. The minimum Gasteiger partial charge on any atom is -0.496 e. The number of fused-ring (bicyclic) bond motifs is 3. The third-order valence-corrected chi connectivity index (χ3v) is 6.86. The van der Waals surface area contributed by atoms with Crippen LogP contribution in [0.4, 0.5) is 10.1 Å². The monoisotopic (exact) mass is 502 g/mol. The summed E-state index contributed by atoms with van der Waals surface area (Å²) >= 11 is 1.33. The molecule has 2 aliphatic heterocycles. The van der Waals surface area contributed by atoms with Gasteiger partial charge in [0.1, 0.15) is 23.4 Å². The van der Waals surface area contributed by atoms with Crippen molar-refractivity contribution < 1.29 is 18.7 Å². The van der Waals surface area contributed by atoms with Crippen molar-refractivity contribution >= 4 is 40.3 Å². The summed E-state index contributed by atoms with van der Waals surface area (Å²) in [6.07, 6.45) is -0.0853. The third-order valence-electron chi connectivity index (χ3n) is 5.85. The van der Waals surface area contributed by atoms with Gasteiger partial charge in [0.15, 0.2) is 5.17 Å². The number of para-hydroxylation sites is 2. The second-order valence-electron chi connectivity index (χ2n) is 8.26. The molecule has 5 rings (SSSR count). The fraction of sp³-hybridized carbons (Fsp3) is 0.185. The van der Waals surface area contributed by atoms with Crippen molar-refractivity contribution in [3.05, 3.63) is 95.3 Å². The van der Waals surface area contributed by atoms with E-state index in [1.165, 1.54) is 28.8 Å². The largest absolute Gasteiger partial charge is 0.496 e. The zero-order valence-electron chi connectivity index (χ0n) is 19.5. The second kappa shape index (κ2) is 10.3. The van der Waals surface area contributed by atoms with Gasteiger partial charge in [-0.15, -0.1) is 0 Å². The van der Waals surface area contributed by atoms with Gasteiger partial charge in [-0.25, -0.2) is 14.3 Å². The van der Waals surface area contributed by atoms with E-state index in [9.17, 15) is 14.0 Å². The molecule has 0 saturated carbocycles. The molecule has 2 aliphatic rings. The predicted molar refractivity (Wildman–Crippen MR) is 138 cm³/mol. The molecule has 3 aromatic rings. The average molecular weight is 503 g/mol. The lowest BCUT2D eigenvalue weighted by molar-refractivity contribution is -0.128. The molecule has 0 spiro atoms. The molecule has 0 radical (unpaired) electrons. The van der Waals surface area contributed by atoms with E-state index < -0.39 is 6.04 Å². The van der Waals surface area contributed by atoms with Crippen LogP contribution in [0, 0.1) is 5.82 Å². The Hall–Kier alpha value is -3.98. The van der Waals surface area contributed by atoms with Crippen LogP contribution in [0.3, 0.4) is 0 Å². The summed E-state index contributed by atoms with van der Waals surface area (Å²) in [6, 6.07) is 20.3. The SMILES string of the molecule is COc1ccccc1CNC(=O)CC1N=C2c3ccccc3N=C(SCc3cccc(F)c3)N2C1=O. The standard InChI is InChI=1S/C27H23FN4O3S/c1-35-23-12-5-2-8-18(23)15-29-24(33)14-22-26(34)32-25(30-22)20-10-3-4-11-21(20)31-27(32)36-16-17-7-6-9-19(28)13-17/h2-13,22H,14-16H2,1H3,(H,29,33). The minimum atomic E-state index is -0.858. The molecule has 0 aromatic heterocycles. The minimum absolute atomic E-state index is 0.0853. The Morgan fingerprint density at radius 2 is 1.92 bits per heavy atom. The highest BCUT2D eigenvalue weighted by atomic mass is 32.2. The zero-order valence-corrected chi connectivity index (χ0v) is 20.3. The third kappa shape index (κ3) is 4.87. The van der Waals surface area contributed by atoms with Crippen LogP contribution in [0.5, 0.6) is 5.75 Å². The maximum Gasteiger partial charge on any atom is 0.259 e. The molecule has 0 fully saturated rings. The number of halogens is 1. The van der Waals surface area contributed by atoms with Crippen molar-refractivity contribution in [2.24, 2.45) is 9.98 Å². The normalized spacial score (nSPS) is 16.1. The van der Waals surface area contributed by atoms with E-state index in [1.54, 1.807) is 13.2 Å². The van der Waals surface area contributed by atoms with Crippen LogP contribution in [-0.2, 0) is 21.9 Å². The van der Waals surface area contributed by atoms with E-state index in [2.05, 4.69) is 15.3 Å². The van der Waals surface area contributed by atoms with Crippen LogP contribution in [0.25, 0.3) is 0 Å². The van der Waals surface area contributed by atoms with Crippen molar-refractivity contribution in [3.8, 4) is 5.75 Å². The van der Waals surface area contributed by atoms with Gasteiger partial charge in [0, 0.05) is 23.4 Å². The maximum atomic E-state index is 13.6. The molecular formula is C27H23FN4O3S. The zero-order chi connectivity index (χ0) is 25.1. The van der Waals surface area contributed by atoms with E-state index in [4.69, 9.17) is 4.74 Å². The molecule has 7 nitrogen and oxygen atoms in total. The van der Waals surface area contributed by atoms with E-state index >= 15 is 0 Å². The molecule has 9 heteroatoms. The molecule has 36 heavy (non-hydrogen) atoms. The molecule has 1 unspecified atom stereocenters. The van der Waals surface area contributed by atoms with Gasteiger partial charge in [0.25, 0.3) is 5.91 Å². The maximum absolute atomic E-state index is 13.6. The van der Waals surface area contributed by atoms with E-state index in [-0.39, 0.29) is 30.6 Å². The van der Waals surface area contributed by atoms with Crippen molar-refractivity contribution in [2.45, 2.75) is 24.8 Å². The van der Waals surface area contributed by atoms with Crippen LogP contribution in [0.1, 0.15) is 23.1 Å². The number of hydrogen-bond donors (Lipinski definition) is 1. The molecule has 182 valence electrons.